The number of hydrogen-bond acceptors (Lipinski definition) is 3. The quantitative estimate of drug-likeness (QED) is 0.562. The summed E-state index contributed by atoms with van der Waals surface area (Å²) in [4.78, 5) is 4.19. The number of pyridine rings is 1. The molecule has 0 radical (unpaired) electrons. The minimum absolute atomic E-state index is 0.882. The van der Waals surface area contributed by atoms with E-state index in [1.165, 1.54) is 30.4 Å². The van der Waals surface area contributed by atoms with Crippen LogP contribution >= 0.6 is 0 Å². The zero-order valence-corrected chi connectivity index (χ0v) is 13.2. The summed E-state index contributed by atoms with van der Waals surface area (Å²) in [6, 6.07) is 14.8. The molecule has 4 aromatic rings. The van der Waals surface area contributed by atoms with Crippen LogP contribution < -0.4 is 0 Å². The molecule has 2 aromatic carbocycles. The van der Waals surface area contributed by atoms with Gasteiger partial charge in [-0.25, -0.2) is 4.68 Å². The molecule has 0 fully saturated rings. The summed E-state index contributed by atoms with van der Waals surface area (Å²) in [6.45, 7) is 0. The molecule has 0 spiro atoms. The molecule has 0 aliphatic heterocycles. The summed E-state index contributed by atoms with van der Waals surface area (Å²) in [6.07, 6.45) is 9.32. The molecule has 0 amide bonds. The minimum atomic E-state index is 0.882. The number of fused-ring (bicyclic) bond motifs is 2. The Labute approximate surface area is 139 Å². The van der Waals surface area contributed by atoms with Gasteiger partial charge in [-0.05, 0) is 54.0 Å². The van der Waals surface area contributed by atoms with Crippen molar-refractivity contribution < 1.29 is 0 Å². The van der Waals surface area contributed by atoms with Crippen LogP contribution in [0.25, 0.3) is 27.7 Å². The molecule has 0 saturated heterocycles. The van der Waals surface area contributed by atoms with Gasteiger partial charge in [0, 0.05) is 23.3 Å². The van der Waals surface area contributed by atoms with Gasteiger partial charge in [0.15, 0.2) is 0 Å². The second-order valence-corrected chi connectivity index (χ2v) is 6.26. The molecule has 0 unspecified atom stereocenters. The van der Waals surface area contributed by atoms with E-state index in [9.17, 15) is 0 Å². The number of aromatic nitrogens is 4. The molecule has 0 saturated carbocycles. The Balaban J connectivity index is 1.60. The molecule has 116 valence electrons. The average Bonchev–Trinajstić information content (AvgIpc) is 3.30. The van der Waals surface area contributed by atoms with Gasteiger partial charge in [0.05, 0.1) is 11.9 Å². The first-order chi connectivity index (χ1) is 11.9. The molecule has 4 nitrogen and oxygen atoms in total. The first-order valence-electron chi connectivity index (χ1n) is 8.26. The highest BCUT2D eigenvalue weighted by molar-refractivity contribution is 5.95. The minimum Gasteiger partial charge on any atom is -0.264 e. The number of nitrogens with zero attached hydrogens (tertiary/aromatic N) is 4. The fourth-order valence-electron chi connectivity index (χ4n) is 3.56. The van der Waals surface area contributed by atoms with Crippen molar-refractivity contribution in [1.82, 2.24) is 20.0 Å². The Bertz CT molecular complexity index is 1040. The maximum absolute atomic E-state index is 4.40. The molecule has 0 bridgehead atoms. The largest absolute Gasteiger partial charge is 0.264 e. The van der Waals surface area contributed by atoms with Gasteiger partial charge in [0.25, 0.3) is 0 Å². The summed E-state index contributed by atoms with van der Waals surface area (Å²) < 4.78 is 1.87. The van der Waals surface area contributed by atoms with E-state index in [1.54, 1.807) is 0 Å². The summed E-state index contributed by atoms with van der Waals surface area (Å²) in [7, 11) is 0. The third kappa shape index (κ3) is 2.11. The van der Waals surface area contributed by atoms with E-state index < -0.39 is 0 Å². The summed E-state index contributed by atoms with van der Waals surface area (Å²) >= 11 is 0. The zero-order chi connectivity index (χ0) is 15.9. The normalized spacial score (nSPS) is 13.3. The Morgan fingerprint density at radius 2 is 1.92 bits per heavy atom. The Morgan fingerprint density at radius 3 is 2.92 bits per heavy atom. The second kappa shape index (κ2) is 5.27. The molecule has 0 N–H and O–H groups in total. The van der Waals surface area contributed by atoms with Crippen molar-refractivity contribution in [2.45, 2.75) is 19.3 Å². The molecular weight excluding hydrogens is 296 g/mol. The van der Waals surface area contributed by atoms with Crippen LogP contribution in [-0.4, -0.2) is 20.0 Å². The Kier molecular flexibility index (Phi) is 2.95. The highest BCUT2D eigenvalue weighted by atomic mass is 15.4. The number of benzene rings is 2. The van der Waals surface area contributed by atoms with Crippen molar-refractivity contribution >= 4 is 10.8 Å². The lowest BCUT2D eigenvalue weighted by atomic mass is 10.0. The third-order valence-corrected chi connectivity index (χ3v) is 4.80. The summed E-state index contributed by atoms with van der Waals surface area (Å²) in [5.74, 6) is 0. The second-order valence-electron chi connectivity index (χ2n) is 6.26. The zero-order valence-electron chi connectivity index (χ0n) is 13.2. The van der Waals surface area contributed by atoms with Crippen LogP contribution in [0.1, 0.15) is 17.5 Å². The molecule has 5 rings (SSSR count). The first-order valence-corrected chi connectivity index (χ1v) is 8.26. The van der Waals surface area contributed by atoms with E-state index >= 15 is 0 Å². The molecule has 1 aliphatic carbocycles. The van der Waals surface area contributed by atoms with E-state index in [4.69, 9.17) is 0 Å². The van der Waals surface area contributed by atoms with Gasteiger partial charge in [-0.2, -0.15) is 0 Å². The van der Waals surface area contributed by atoms with Gasteiger partial charge in [0.2, 0.25) is 0 Å². The third-order valence-electron chi connectivity index (χ3n) is 4.80. The standard InChI is InChI=1S/C20H16N4/c1-3-14-7-8-17(11-15(14)4-1)24-13-20(22-23-24)19-6-2-5-16-12-21-10-9-18(16)19/h2,5-13H,1,3-4H2. The van der Waals surface area contributed by atoms with Gasteiger partial charge in [-0.15, -0.1) is 5.10 Å². The number of rotatable bonds is 2. The molecule has 2 aromatic heterocycles. The van der Waals surface area contributed by atoms with Crippen LogP contribution in [0.15, 0.2) is 61.1 Å². The van der Waals surface area contributed by atoms with Crippen LogP contribution in [0.3, 0.4) is 0 Å². The van der Waals surface area contributed by atoms with Gasteiger partial charge < -0.3 is 0 Å². The van der Waals surface area contributed by atoms with Crippen molar-refractivity contribution in [3.8, 4) is 16.9 Å². The Morgan fingerprint density at radius 1 is 0.958 bits per heavy atom. The van der Waals surface area contributed by atoms with Crippen molar-refractivity contribution in [2.24, 2.45) is 0 Å². The molecule has 2 heterocycles. The smallest absolute Gasteiger partial charge is 0.114 e. The highest BCUT2D eigenvalue weighted by Gasteiger charge is 2.13. The maximum Gasteiger partial charge on any atom is 0.114 e. The topological polar surface area (TPSA) is 43.6 Å². The SMILES string of the molecule is c1cc(-c2cn(-c3ccc4c(c3)CCC4)nn2)c2ccncc2c1. The van der Waals surface area contributed by atoms with E-state index in [0.29, 0.717) is 0 Å². The lowest BCUT2D eigenvalue weighted by molar-refractivity contribution is 0.802. The van der Waals surface area contributed by atoms with E-state index in [2.05, 4.69) is 45.6 Å². The lowest BCUT2D eigenvalue weighted by Gasteiger charge is -2.04. The Hall–Kier alpha value is -3.01. The van der Waals surface area contributed by atoms with Gasteiger partial charge >= 0.3 is 0 Å². The van der Waals surface area contributed by atoms with Gasteiger partial charge in [-0.1, -0.05) is 29.5 Å². The predicted molar refractivity (Wildman–Crippen MR) is 94.1 cm³/mol. The van der Waals surface area contributed by atoms with E-state index in [0.717, 1.165) is 27.7 Å². The fourth-order valence-corrected chi connectivity index (χ4v) is 3.56. The van der Waals surface area contributed by atoms with Crippen LogP contribution in [-0.2, 0) is 12.8 Å². The van der Waals surface area contributed by atoms with Crippen LogP contribution in [0, 0.1) is 0 Å². The fraction of sp³-hybridized carbons (Fsp3) is 0.150. The number of aryl methyl sites for hydroxylation is 2. The van der Waals surface area contributed by atoms with Crippen molar-refractivity contribution in [2.75, 3.05) is 0 Å². The van der Waals surface area contributed by atoms with Gasteiger partial charge in [-0.3, -0.25) is 4.98 Å². The van der Waals surface area contributed by atoms with Crippen molar-refractivity contribution in [3.05, 3.63) is 72.2 Å². The van der Waals surface area contributed by atoms with Gasteiger partial charge in [0.1, 0.15) is 5.69 Å². The molecule has 24 heavy (non-hydrogen) atoms. The summed E-state index contributed by atoms with van der Waals surface area (Å²) in [5, 5.41) is 11.0. The monoisotopic (exact) mass is 312 g/mol. The molecule has 4 heteroatoms. The van der Waals surface area contributed by atoms with Crippen LogP contribution in [0.2, 0.25) is 0 Å². The lowest BCUT2D eigenvalue weighted by Crippen LogP contribution is -1.96. The van der Waals surface area contributed by atoms with Crippen molar-refractivity contribution in [3.63, 3.8) is 0 Å². The molecular formula is C20H16N4. The van der Waals surface area contributed by atoms with E-state index in [-0.39, 0.29) is 0 Å². The van der Waals surface area contributed by atoms with Crippen LogP contribution in [0.5, 0.6) is 0 Å². The van der Waals surface area contributed by atoms with Crippen molar-refractivity contribution in [1.29, 1.82) is 0 Å². The first kappa shape index (κ1) is 13.4. The predicted octanol–water partition coefficient (Wildman–Crippen LogP) is 3.97. The highest BCUT2D eigenvalue weighted by Crippen LogP contribution is 2.28. The molecule has 1 aliphatic rings. The average molecular weight is 312 g/mol. The van der Waals surface area contributed by atoms with Crippen LogP contribution in [0.4, 0.5) is 0 Å². The number of hydrogen-bond donors (Lipinski definition) is 0. The summed E-state index contributed by atoms with van der Waals surface area (Å²) in [5.41, 5.74) is 5.97. The van der Waals surface area contributed by atoms with E-state index in [1.807, 2.05) is 35.4 Å². The maximum atomic E-state index is 4.40. The molecule has 0 atom stereocenters.